The first-order valence-corrected chi connectivity index (χ1v) is 6.44. The molecule has 0 heteroatoms. The lowest BCUT2D eigenvalue weighted by molar-refractivity contribution is 1.23. The van der Waals surface area contributed by atoms with Gasteiger partial charge in [-0.25, -0.2) is 0 Å². The van der Waals surface area contributed by atoms with Gasteiger partial charge < -0.3 is 0 Å². The predicted molar refractivity (Wildman–Crippen MR) is 82.7 cm³/mol. The van der Waals surface area contributed by atoms with Crippen LogP contribution in [-0.2, 0) is 0 Å². The molecule has 0 fully saturated rings. The Hall–Kier alpha value is -1.56. The Morgan fingerprint density at radius 2 is 0.944 bits per heavy atom. The number of aryl methyl sites for hydroxylation is 3. The molecule has 0 nitrogen and oxygen atoms in total. The lowest BCUT2D eigenvalue weighted by Gasteiger charge is -1.90. The van der Waals surface area contributed by atoms with Crippen LogP contribution in [0.3, 0.4) is 0 Å². The summed E-state index contributed by atoms with van der Waals surface area (Å²) in [6.07, 6.45) is 1.00. The van der Waals surface area contributed by atoms with Crippen LogP contribution in [0, 0.1) is 27.7 Å². The Morgan fingerprint density at radius 3 is 1.17 bits per heavy atom. The maximum atomic E-state index is 3.49. The smallest absolute Gasteiger partial charge is 0.0398 e. The van der Waals surface area contributed by atoms with E-state index in [1.54, 1.807) is 0 Å². The summed E-state index contributed by atoms with van der Waals surface area (Å²) < 4.78 is 0. The zero-order valence-corrected chi connectivity index (χ0v) is 12.1. The minimum atomic E-state index is 1.00. The molecule has 1 radical (unpaired) electrons. The maximum Gasteiger partial charge on any atom is -0.0398 e. The Labute approximate surface area is 113 Å². The monoisotopic (exact) mass is 241 g/mol. The van der Waals surface area contributed by atoms with Gasteiger partial charge in [-0.2, -0.15) is 0 Å². The van der Waals surface area contributed by atoms with Crippen LogP contribution in [0.4, 0.5) is 0 Å². The molecule has 0 spiro atoms. The van der Waals surface area contributed by atoms with E-state index in [2.05, 4.69) is 64.1 Å². The van der Waals surface area contributed by atoms with Crippen LogP contribution in [0.5, 0.6) is 0 Å². The molecule has 0 saturated carbocycles. The van der Waals surface area contributed by atoms with Crippen molar-refractivity contribution >= 4 is 0 Å². The van der Waals surface area contributed by atoms with Gasteiger partial charge in [0.1, 0.15) is 0 Å². The van der Waals surface area contributed by atoms with E-state index in [0.29, 0.717) is 0 Å². The fourth-order valence-corrected chi connectivity index (χ4v) is 1.17. The summed E-state index contributed by atoms with van der Waals surface area (Å²) in [4.78, 5) is 0. The van der Waals surface area contributed by atoms with Crippen LogP contribution < -0.4 is 0 Å². The van der Waals surface area contributed by atoms with Gasteiger partial charge >= 0.3 is 0 Å². The molecule has 0 amide bonds. The second-order valence-electron chi connectivity index (χ2n) is 4.31. The van der Waals surface area contributed by atoms with Gasteiger partial charge in [0, 0.05) is 0 Å². The zero-order chi connectivity index (χ0) is 13.8. The Bertz CT molecular complexity index is 363. The van der Waals surface area contributed by atoms with E-state index >= 15 is 0 Å². The first-order chi connectivity index (χ1) is 8.60. The first kappa shape index (κ1) is 16.4. The van der Waals surface area contributed by atoms with Crippen LogP contribution in [0.15, 0.2) is 54.6 Å². The largest absolute Gasteiger partial charge is 0.0654 e. The molecule has 0 aromatic heterocycles. The van der Waals surface area contributed by atoms with Crippen LogP contribution in [0.2, 0.25) is 0 Å². The van der Waals surface area contributed by atoms with Gasteiger partial charge in [-0.15, -0.1) is 0 Å². The average molecular weight is 241 g/mol. The minimum Gasteiger partial charge on any atom is -0.0654 e. The quantitative estimate of drug-likeness (QED) is 0.569. The summed E-state index contributed by atoms with van der Waals surface area (Å²) in [5.74, 6) is 0. The molecular formula is C18H25. The summed E-state index contributed by atoms with van der Waals surface area (Å²) in [5, 5.41) is 0. The van der Waals surface area contributed by atoms with E-state index in [0.717, 1.165) is 6.42 Å². The van der Waals surface area contributed by atoms with Crippen molar-refractivity contribution in [3.8, 4) is 0 Å². The summed E-state index contributed by atoms with van der Waals surface area (Å²) in [6, 6.07) is 18.7. The third-order valence-corrected chi connectivity index (χ3v) is 2.16. The first-order valence-electron chi connectivity index (χ1n) is 6.44. The molecule has 2 aromatic carbocycles. The number of hydrogen-bond donors (Lipinski definition) is 0. The SMILES string of the molecule is Cc1ccc(C)cc1.Cc1ccccc1.[CH2]CC. The topological polar surface area (TPSA) is 0 Å². The van der Waals surface area contributed by atoms with Crippen molar-refractivity contribution in [2.24, 2.45) is 0 Å². The Kier molecular flexibility index (Phi) is 9.67. The molecule has 0 saturated heterocycles. The number of hydrogen-bond acceptors (Lipinski definition) is 0. The van der Waals surface area contributed by atoms with Crippen molar-refractivity contribution in [2.45, 2.75) is 34.1 Å². The van der Waals surface area contributed by atoms with E-state index in [9.17, 15) is 0 Å². The molecule has 0 N–H and O–H groups in total. The molecule has 0 bridgehead atoms. The van der Waals surface area contributed by atoms with Crippen LogP contribution >= 0.6 is 0 Å². The highest BCUT2D eigenvalue weighted by Gasteiger charge is 1.79. The van der Waals surface area contributed by atoms with Crippen molar-refractivity contribution < 1.29 is 0 Å². The minimum absolute atomic E-state index is 1.00. The molecule has 0 atom stereocenters. The third kappa shape index (κ3) is 9.65. The molecule has 18 heavy (non-hydrogen) atoms. The molecule has 0 aliphatic rings. The standard InChI is InChI=1S/C8H10.C7H8.C3H7/c1-7-3-5-8(2)6-4-7;1-7-5-3-2-4-6-7;1-3-2/h3-6H,1-2H3;2-6H,1H3;1,3H2,2H3. The molecular weight excluding hydrogens is 216 g/mol. The lowest BCUT2D eigenvalue weighted by Crippen LogP contribution is -1.70. The number of benzene rings is 2. The fourth-order valence-electron chi connectivity index (χ4n) is 1.17. The summed E-state index contributed by atoms with van der Waals surface area (Å²) >= 11 is 0. The Morgan fingerprint density at radius 1 is 0.667 bits per heavy atom. The third-order valence-electron chi connectivity index (χ3n) is 2.16. The lowest BCUT2D eigenvalue weighted by atomic mass is 10.2. The van der Waals surface area contributed by atoms with E-state index in [-0.39, 0.29) is 0 Å². The summed E-state index contributed by atoms with van der Waals surface area (Å²) in [7, 11) is 0. The van der Waals surface area contributed by atoms with E-state index < -0.39 is 0 Å². The van der Waals surface area contributed by atoms with Crippen LogP contribution in [0.25, 0.3) is 0 Å². The fraction of sp³-hybridized carbons (Fsp3) is 0.278. The van der Waals surface area contributed by atoms with E-state index in [1.807, 2.05) is 25.1 Å². The van der Waals surface area contributed by atoms with Crippen molar-refractivity contribution in [3.63, 3.8) is 0 Å². The molecule has 0 heterocycles. The van der Waals surface area contributed by atoms with E-state index in [4.69, 9.17) is 0 Å². The van der Waals surface area contributed by atoms with Gasteiger partial charge in [-0.05, 0) is 20.8 Å². The van der Waals surface area contributed by atoms with Gasteiger partial charge in [0.25, 0.3) is 0 Å². The van der Waals surface area contributed by atoms with Crippen molar-refractivity contribution in [3.05, 3.63) is 78.2 Å². The van der Waals surface area contributed by atoms with Gasteiger partial charge in [0.05, 0.1) is 0 Å². The summed E-state index contributed by atoms with van der Waals surface area (Å²) in [6.45, 7) is 11.8. The van der Waals surface area contributed by atoms with Gasteiger partial charge in [0.2, 0.25) is 0 Å². The molecule has 0 unspecified atom stereocenters. The maximum absolute atomic E-state index is 3.49. The highest BCUT2D eigenvalue weighted by atomic mass is 13.9. The van der Waals surface area contributed by atoms with Gasteiger partial charge in [0.15, 0.2) is 0 Å². The predicted octanol–water partition coefficient (Wildman–Crippen LogP) is 5.53. The van der Waals surface area contributed by atoms with Crippen molar-refractivity contribution in [1.82, 2.24) is 0 Å². The van der Waals surface area contributed by atoms with Crippen molar-refractivity contribution in [2.75, 3.05) is 0 Å². The van der Waals surface area contributed by atoms with Gasteiger partial charge in [-0.1, -0.05) is 91.6 Å². The average Bonchev–Trinajstić information content (AvgIpc) is 2.36. The van der Waals surface area contributed by atoms with Gasteiger partial charge in [-0.3, -0.25) is 0 Å². The zero-order valence-electron chi connectivity index (χ0n) is 12.1. The molecule has 97 valence electrons. The second kappa shape index (κ2) is 10.6. The molecule has 0 aliphatic carbocycles. The second-order valence-corrected chi connectivity index (χ2v) is 4.31. The highest BCUT2D eigenvalue weighted by Crippen LogP contribution is 1.99. The number of rotatable bonds is 0. The highest BCUT2D eigenvalue weighted by molar-refractivity contribution is 5.19. The van der Waals surface area contributed by atoms with Crippen molar-refractivity contribution in [1.29, 1.82) is 0 Å². The molecule has 2 aromatic rings. The Balaban J connectivity index is 0.000000267. The molecule has 2 rings (SSSR count). The normalized spacial score (nSPS) is 8.50. The van der Waals surface area contributed by atoms with E-state index in [1.165, 1.54) is 16.7 Å². The van der Waals surface area contributed by atoms with Crippen LogP contribution in [-0.4, -0.2) is 0 Å². The summed E-state index contributed by atoms with van der Waals surface area (Å²) in [5.41, 5.74) is 3.98. The van der Waals surface area contributed by atoms with Crippen LogP contribution in [0.1, 0.15) is 30.0 Å². The molecule has 0 aliphatic heterocycles.